The van der Waals surface area contributed by atoms with E-state index in [1.165, 1.54) is 0 Å². The van der Waals surface area contributed by atoms with Crippen LogP contribution in [0.1, 0.15) is 58.8 Å². The van der Waals surface area contributed by atoms with Crippen molar-refractivity contribution >= 4 is 5.91 Å². The molecule has 110 valence electrons. The molecule has 2 aliphatic rings. The minimum atomic E-state index is -0.226. The molecule has 1 aliphatic heterocycles. The summed E-state index contributed by atoms with van der Waals surface area (Å²) in [5.74, 6) is 0.170. The number of hydrogen-bond acceptors (Lipinski definition) is 3. The van der Waals surface area contributed by atoms with Gasteiger partial charge in [-0.05, 0) is 32.6 Å². The number of amides is 1. The minimum Gasteiger partial charge on any atom is -0.375 e. The lowest BCUT2D eigenvalue weighted by molar-refractivity contribution is -0.198. The van der Waals surface area contributed by atoms with Crippen molar-refractivity contribution in [3.05, 3.63) is 0 Å². The van der Waals surface area contributed by atoms with Gasteiger partial charge in [-0.25, -0.2) is 0 Å². The summed E-state index contributed by atoms with van der Waals surface area (Å²) in [4.78, 5) is 11.9. The fourth-order valence-corrected chi connectivity index (χ4v) is 3.28. The summed E-state index contributed by atoms with van der Waals surface area (Å²) < 4.78 is 11.7. The van der Waals surface area contributed by atoms with Crippen molar-refractivity contribution in [2.45, 2.75) is 76.5 Å². The smallest absolute Gasteiger partial charge is 0.220 e. The van der Waals surface area contributed by atoms with Crippen molar-refractivity contribution in [2.24, 2.45) is 0 Å². The van der Waals surface area contributed by atoms with Crippen LogP contribution < -0.4 is 5.32 Å². The van der Waals surface area contributed by atoms with Gasteiger partial charge in [-0.1, -0.05) is 19.8 Å². The van der Waals surface area contributed by atoms with Gasteiger partial charge in [-0.15, -0.1) is 0 Å². The molecule has 1 heterocycles. The Hall–Kier alpha value is -0.610. The van der Waals surface area contributed by atoms with Gasteiger partial charge >= 0.3 is 0 Å². The van der Waals surface area contributed by atoms with Crippen LogP contribution in [0, 0.1) is 0 Å². The Morgan fingerprint density at radius 1 is 1.42 bits per heavy atom. The van der Waals surface area contributed by atoms with Gasteiger partial charge in [-0.3, -0.25) is 4.79 Å². The summed E-state index contributed by atoms with van der Waals surface area (Å²) in [7, 11) is 0. The predicted molar refractivity (Wildman–Crippen MR) is 74.0 cm³/mol. The molecule has 4 heteroatoms. The van der Waals surface area contributed by atoms with Crippen LogP contribution in [0.5, 0.6) is 0 Å². The third-order valence-electron chi connectivity index (χ3n) is 4.38. The van der Waals surface area contributed by atoms with E-state index < -0.39 is 0 Å². The van der Waals surface area contributed by atoms with Gasteiger partial charge in [0.25, 0.3) is 0 Å². The van der Waals surface area contributed by atoms with Gasteiger partial charge < -0.3 is 14.8 Å². The summed E-state index contributed by atoms with van der Waals surface area (Å²) in [6.45, 7) is 5.68. The van der Waals surface area contributed by atoms with Crippen molar-refractivity contribution in [2.75, 3.05) is 13.2 Å². The lowest BCUT2D eigenvalue weighted by atomic mass is 9.70. The van der Waals surface area contributed by atoms with E-state index in [-0.39, 0.29) is 23.7 Å². The molecule has 0 unspecified atom stereocenters. The topological polar surface area (TPSA) is 47.6 Å². The van der Waals surface area contributed by atoms with E-state index in [0.717, 1.165) is 45.1 Å². The maximum absolute atomic E-state index is 11.9. The molecule has 2 rings (SSSR count). The number of carbonyl (C=O) groups is 1. The van der Waals surface area contributed by atoms with E-state index in [1.807, 2.05) is 6.92 Å². The van der Waals surface area contributed by atoms with Gasteiger partial charge in [0.2, 0.25) is 5.91 Å². The lowest BCUT2D eigenvalue weighted by Crippen LogP contribution is -2.69. The fraction of sp³-hybridized carbons (Fsp3) is 0.933. The molecule has 3 atom stereocenters. The Bertz CT molecular complexity index is 300. The van der Waals surface area contributed by atoms with E-state index in [0.29, 0.717) is 13.0 Å². The molecule has 0 aromatic heterocycles. The van der Waals surface area contributed by atoms with Crippen molar-refractivity contribution in [1.29, 1.82) is 0 Å². The Morgan fingerprint density at radius 2 is 2.26 bits per heavy atom. The van der Waals surface area contributed by atoms with Crippen LogP contribution in [0.2, 0.25) is 0 Å². The maximum Gasteiger partial charge on any atom is 0.220 e. The molecule has 0 bridgehead atoms. The highest BCUT2D eigenvalue weighted by Gasteiger charge is 2.59. The number of rotatable bonds is 7. The van der Waals surface area contributed by atoms with E-state index >= 15 is 0 Å². The molecule has 0 aromatic carbocycles. The molecule has 1 aliphatic carbocycles. The van der Waals surface area contributed by atoms with Crippen LogP contribution in [0.3, 0.4) is 0 Å². The second kappa shape index (κ2) is 6.71. The minimum absolute atomic E-state index is 0.153. The summed E-state index contributed by atoms with van der Waals surface area (Å²) >= 11 is 0. The zero-order valence-corrected chi connectivity index (χ0v) is 12.2. The molecular formula is C15H27NO3. The molecule has 1 saturated carbocycles. The van der Waals surface area contributed by atoms with Crippen LogP contribution in [0.4, 0.5) is 0 Å². The first-order valence-electron chi connectivity index (χ1n) is 7.78. The highest BCUT2D eigenvalue weighted by Crippen LogP contribution is 2.45. The molecule has 19 heavy (non-hydrogen) atoms. The van der Waals surface area contributed by atoms with Crippen molar-refractivity contribution in [1.82, 2.24) is 5.32 Å². The van der Waals surface area contributed by atoms with E-state index in [2.05, 4.69) is 12.2 Å². The standard InChI is InChI=1S/C15H27NO3/c1-3-5-6-8-14(17)16-12-11-13(18-4-2)15(12)9-7-10-19-15/h12-13H,3-11H2,1-2H3,(H,16,17)/t12-,13+,15+/m1/s1. The molecule has 1 N–H and O–H groups in total. The van der Waals surface area contributed by atoms with Crippen LogP contribution in [-0.2, 0) is 14.3 Å². The average Bonchev–Trinajstić information content (AvgIpc) is 2.90. The number of carbonyl (C=O) groups excluding carboxylic acids is 1. The zero-order valence-electron chi connectivity index (χ0n) is 12.2. The normalized spacial score (nSPS) is 33.4. The van der Waals surface area contributed by atoms with Crippen LogP contribution in [0.25, 0.3) is 0 Å². The molecule has 1 spiro atoms. The average molecular weight is 269 g/mol. The number of unbranched alkanes of at least 4 members (excludes halogenated alkanes) is 2. The second-order valence-electron chi connectivity index (χ2n) is 5.66. The zero-order chi connectivity index (χ0) is 13.7. The second-order valence-corrected chi connectivity index (χ2v) is 5.66. The molecule has 1 amide bonds. The first kappa shape index (κ1) is 14.8. The largest absolute Gasteiger partial charge is 0.375 e. The predicted octanol–water partition coefficient (Wildman–Crippen LogP) is 2.41. The van der Waals surface area contributed by atoms with Crippen molar-refractivity contribution in [3.63, 3.8) is 0 Å². The Kier molecular flexibility index (Phi) is 5.22. The van der Waals surface area contributed by atoms with E-state index in [4.69, 9.17) is 9.47 Å². The first-order chi connectivity index (χ1) is 9.23. The molecule has 0 aromatic rings. The van der Waals surface area contributed by atoms with Gasteiger partial charge in [0.05, 0.1) is 12.1 Å². The maximum atomic E-state index is 11.9. The molecular weight excluding hydrogens is 242 g/mol. The van der Waals surface area contributed by atoms with Gasteiger partial charge in [0.15, 0.2) is 0 Å². The molecule has 0 radical (unpaired) electrons. The monoisotopic (exact) mass is 269 g/mol. The molecule has 4 nitrogen and oxygen atoms in total. The molecule has 1 saturated heterocycles. The first-order valence-corrected chi connectivity index (χ1v) is 7.78. The van der Waals surface area contributed by atoms with Crippen LogP contribution in [-0.4, -0.2) is 36.9 Å². The summed E-state index contributed by atoms with van der Waals surface area (Å²) in [5, 5.41) is 3.15. The van der Waals surface area contributed by atoms with Gasteiger partial charge in [0.1, 0.15) is 5.60 Å². The number of ether oxygens (including phenoxy) is 2. The quantitative estimate of drug-likeness (QED) is 0.722. The van der Waals surface area contributed by atoms with Gasteiger partial charge in [0, 0.05) is 19.6 Å². The Balaban J connectivity index is 1.82. The Labute approximate surface area is 116 Å². The Morgan fingerprint density at radius 3 is 2.89 bits per heavy atom. The highest BCUT2D eigenvalue weighted by atomic mass is 16.6. The third kappa shape index (κ3) is 3.11. The highest BCUT2D eigenvalue weighted by molar-refractivity contribution is 5.76. The summed E-state index contributed by atoms with van der Waals surface area (Å²) in [6.07, 6.45) is 7.05. The van der Waals surface area contributed by atoms with Crippen molar-refractivity contribution in [3.8, 4) is 0 Å². The van der Waals surface area contributed by atoms with E-state index in [9.17, 15) is 4.79 Å². The fourth-order valence-electron chi connectivity index (χ4n) is 3.28. The summed E-state index contributed by atoms with van der Waals surface area (Å²) in [5.41, 5.74) is -0.226. The molecule has 2 fully saturated rings. The van der Waals surface area contributed by atoms with E-state index in [1.54, 1.807) is 0 Å². The SMILES string of the molecule is CCCCCC(=O)N[C@@H]1C[C@H](OCC)[C@]12CCCO2. The number of nitrogens with one attached hydrogen (secondary N) is 1. The lowest BCUT2D eigenvalue weighted by Gasteiger charge is -2.52. The van der Waals surface area contributed by atoms with Crippen molar-refractivity contribution < 1.29 is 14.3 Å². The van der Waals surface area contributed by atoms with Crippen LogP contribution in [0.15, 0.2) is 0 Å². The van der Waals surface area contributed by atoms with Gasteiger partial charge in [-0.2, -0.15) is 0 Å². The third-order valence-corrected chi connectivity index (χ3v) is 4.38. The summed E-state index contributed by atoms with van der Waals surface area (Å²) in [6, 6.07) is 0.153. The van der Waals surface area contributed by atoms with Crippen LogP contribution >= 0.6 is 0 Å². The number of hydrogen-bond donors (Lipinski definition) is 1.